The number of thioether (sulfide) groups is 1. The van der Waals surface area contributed by atoms with E-state index >= 15 is 0 Å². The molecule has 2 rings (SSSR count). The summed E-state index contributed by atoms with van der Waals surface area (Å²) in [5.74, 6) is 0. The number of pyridine rings is 1. The molecule has 1 aromatic heterocycles. The van der Waals surface area contributed by atoms with Crippen LogP contribution in [0.5, 0.6) is 0 Å². The smallest absolute Gasteiger partial charge is 0.0963 e. The number of halogens is 1. The molecule has 14 heavy (non-hydrogen) atoms. The van der Waals surface area contributed by atoms with Crippen LogP contribution in [0.1, 0.15) is 12.0 Å². The highest BCUT2D eigenvalue weighted by Gasteiger charge is 2.15. The fourth-order valence-electron chi connectivity index (χ4n) is 1.42. The third kappa shape index (κ3) is 3.15. The Morgan fingerprint density at radius 3 is 2.93 bits per heavy atom. The molecule has 4 heteroatoms. The Kier molecular flexibility index (Phi) is 4.72. The summed E-state index contributed by atoms with van der Waals surface area (Å²) in [5.41, 5.74) is 1.23. The topological polar surface area (TPSA) is 24.9 Å². The fraction of sp³-hybridized carbons (Fsp3) is 0.500. The first-order valence-corrected chi connectivity index (χ1v) is 5.52. The van der Waals surface area contributed by atoms with Crippen LogP contribution < -0.4 is 5.32 Å². The lowest BCUT2D eigenvalue weighted by atomic mass is 10.3. The number of nitrogens with one attached hydrogen (secondary N) is 1. The number of rotatable bonds is 2. The van der Waals surface area contributed by atoms with Crippen LogP contribution in [0.4, 0.5) is 0 Å². The summed E-state index contributed by atoms with van der Waals surface area (Å²) >= 11 is 1.89. The highest BCUT2D eigenvalue weighted by molar-refractivity contribution is 7.99. The average Bonchev–Trinajstić information content (AvgIpc) is 2.62. The van der Waals surface area contributed by atoms with Crippen molar-refractivity contribution in [1.29, 1.82) is 0 Å². The SMILES string of the molecule is Cc1ccc(S[C@H]2CCNC2)nc1.Cl. The van der Waals surface area contributed by atoms with E-state index in [1.54, 1.807) is 0 Å². The van der Waals surface area contributed by atoms with Crippen LogP contribution in [0, 0.1) is 6.92 Å². The van der Waals surface area contributed by atoms with Crippen molar-refractivity contribution in [1.82, 2.24) is 10.3 Å². The van der Waals surface area contributed by atoms with E-state index in [-0.39, 0.29) is 12.4 Å². The standard InChI is InChI=1S/C10H14N2S.ClH/c1-8-2-3-10(12-6-8)13-9-4-5-11-7-9;/h2-3,6,9,11H,4-5,7H2,1H3;1H/t9-;/m0./s1. The number of hydrogen-bond acceptors (Lipinski definition) is 3. The summed E-state index contributed by atoms with van der Waals surface area (Å²) in [4.78, 5) is 4.38. The number of aryl methyl sites for hydroxylation is 1. The van der Waals surface area contributed by atoms with Gasteiger partial charge in [0.15, 0.2) is 0 Å². The molecule has 0 bridgehead atoms. The second kappa shape index (κ2) is 5.59. The maximum absolute atomic E-state index is 4.38. The second-order valence-corrected chi connectivity index (χ2v) is 4.73. The van der Waals surface area contributed by atoms with E-state index in [0.29, 0.717) is 0 Å². The van der Waals surface area contributed by atoms with Crippen molar-refractivity contribution in [2.45, 2.75) is 23.6 Å². The third-order valence-corrected chi connectivity index (χ3v) is 3.41. The van der Waals surface area contributed by atoms with Crippen LogP contribution in [0.25, 0.3) is 0 Å². The van der Waals surface area contributed by atoms with E-state index in [9.17, 15) is 0 Å². The molecular formula is C10H15ClN2S. The number of aromatic nitrogens is 1. The number of hydrogen-bond donors (Lipinski definition) is 1. The first-order chi connectivity index (χ1) is 6.34. The maximum atomic E-state index is 4.38. The summed E-state index contributed by atoms with van der Waals surface area (Å²) in [6, 6.07) is 4.23. The predicted octanol–water partition coefficient (Wildman–Crippen LogP) is 2.27. The molecule has 1 saturated heterocycles. The molecule has 1 fully saturated rings. The van der Waals surface area contributed by atoms with E-state index < -0.39 is 0 Å². The molecule has 0 aromatic carbocycles. The first kappa shape index (κ1) is 11.8. The molecule has 0 amide bonds. The van der Waals surface area contributed by atoms with Gasteiger partial charge in [-0.15, -0.1) is 24.2 Å². The van der Waals surface area contributed by atoms with Crippen molar-refractivity contribution in [3.63, 3.8) is 0 Å². The minimum atomic E-state index is 0. The summed E-state index contributed by atoms with van der Waals surface area (Å²) in [5, 5.41) is 5.23. The van der Waals surface area contributed by atoms with Gasteiger partial charge >= 0.3 is 0 Å². The Hall–Kier alpha value is -0.250. The molecule has 0 spiro atoms. The van der Waals surface area contributed by atoms with Crippen molar-refractivity contribution in [3.8, 4) is 0 Å². The molecule has 1 atom stereocenters. The summed E-state index contributed by atoms with van der Waals surface area (Å²) in [6.07, 6.45) is 3.20. The average molecular weight is 231 g/mol. The Bertz CT molecular complexity index is 270. The van der Waals surface area contributed by atoms with Crippen molar-refractivity contribution in [2.75, 3.05) is 13.1 Å². The molecule has 0 saturated carbocycles. The Balaban J connectivity index is 0.000000980. The van der Waals surface area contributed by atoms with E-state index in [4.69, 9.17) is 0 Å². The van der Waals surface area contributed by atoms with Crippen LogP contribution in [0.3, 0.4) is 0 Å². The van der Waals surface area contributed by atoms with Crippen LogP contribution in [0.2, 0.25) is 0 Å². The van der Waals surface area contributed by atoms with Crippen molar-refractivity contribution >= 4 is 24.2 Å². The molecule has 1 aliphatic heterocycles. The van der Waals surface area contributed by atoms with E-state index in [1.807, 2.05) is 18.0 Å². The normalized spacial score (nSPS) is 20.5. The van der Waals surface area contributed by atoms with Crippen LogP contribution in [-0.2, 0) is 0 Å². The molecule has 2 heterocycles. The molecule has 0 radical (unpaired) electrons. The van der Waals surface area contributed by atoms with Gasteiger partial charge in [-0.2, -0.15) is 0 Å². The quantitative estimate of drug-likeness (QED) is 0.844. The third-order valence-electron chi connectivity index (χ3n) is 2.19. The van der Waals surface area contributed by atoms with Crippen LogP contribution in [-0.4, -0.2) is 23.3 Å². The number of nitrogens with zero attached hydrogens (tertiary/aromatic N) is 1. The van der Waals surface area contributed by atoms with E-state index in [1.165, 1.54) is 12.0 Å². The van der Waals surface area contributed by atoms with Gasteiger partial charge in [0, 0.05) is 18.0 Å². The molecular weight excluding hydrogens is 216 g/mol. The zero-order valence-electron chi connectivity index (χ0n) is 8.19. The lowest BCUT2D eigenvalue weighted by Gasteiger charge is -2.06. The van der Waals surface area contributed by atoms with E-state index in [0.717, 1.165) is 23.4 Å². The Morgan fingerprint density at radius 1 is 1.50 bits per heavy atom. The lowest BCUT2D eigenvalue weighted by molar-refractivity contribution is 0.858. The Labute approximate surface area is 95.3 Å². The molecule has 2 nitrogen and oxygen atoms in total. The van der Waals surface area contributed by atoms with Gasteiger partial charge < -0.3 is 5.32 Å². The van der Waals surface area contributed by atoms with E-state index in [2.05, 4.69) is 29.4 Å². The van der Waals surface area contributed by atoms with Crippen molar-refractivity contribution < 1.29 is 0 Å². The molecule has 0 unspecified atom stereocenters. The molecule has 1 aliphatic rings. The van der Waals surface area contributed by atoms with Gasteiger partial charge in [-0.3, -0.25) is 0 Å². The predicted molar refractivity (Wildman–Crippen MR) is 63.4 cm³/mol. The highest BCUT2D eigenvalue weighted by Crippen LogP contribution is 2.24. The zero-order valence-corrected chi connectivity index (χ0v) is 9.83. The summed E-state index contributed by atoms with van der Waals surface area (Å²) in [6.45, 7) is 4.35. The maximum Gasteiger partial charge on any atom is 0.0963 e. The van der Waals surface area contributed by atoms with Crippen molar-refractivity contribution in [3.05, 3.63) is 23.9 Å². The van der Waals surface area contributed by atoms with Crippen LogP contribution >= 0.6 is 24.2 Å². The lowest BCUT2D eigenvalue weighted by Crippen LogP contribution is -2.10. The van der Waals surface area contributed by atoms with Crippen molar-refractivity contribution in [2.24, 2.45) is 0 Å². The van der Waals surface area contributed by atoms with Gasteiger partial charge in [-0.05, 0) is 31.5 Å². The van der Waals surface area contributed by atoms with Gasteiger partial charge in [0.25, 0.3) is 0 Å². The summed E-state index contributed by atoms with van der Waals surface area (Å²) < 4.78 is 0. The second-order valence-electron chi connectivity index (χ2n) is 3.41. The van der Waals surface area contributed by atoms with Gasteiger partial charge in [0.05, 0.1) is 5.03 Å². The first-order valence-electron chi connectivity index (χ1n) is 4.64. The highest BCUT2D eigenvalue weighted by atomic mass is 35.5. The summed E-state index contributed by atoms with van der Waals surface area (Å²) in [7, 11) is 0. The van der Waals surface area contributed by atoms with Crippen LogP contribution in [0.15, 0.2) is 23.4 Å². The zero-order chi connectivity index (χ0) is 9.10. The Morgan fingerprint density at radius 2 is 2.36 bits per heavy atom. The minimum absolute atomic E-state index is 0. The minimum Gasteiger partial charge on any atom is -0.316 e. The van der Waals surface area contributed by atoms with Gasteiger partial charge in [-0.1, -0.05) is 6.07 Å². The van der Waals surface area contributed by atoms with Gasteiger partial charge in [0.2, 0.25) is 0 Å². The molecule has 1 N–H and O–H groups in total. The van der Waals surface area contributed by atoms with Gasteiger partial charge in [0.1, 0.15) is 0 Å². The molecule has 1 aromatic rings. The van der Waals surface area contributed by atoms with Gasteiger partial charge in [-0.25, -0.2) is 4.98 Å². The fourth-order valence-corrected chi connectivity index (χ4v) is 2.46. The monoisotopic (exact) mass is 230 g/mol. The largest absolute Gasteiger partial charge is 0.316 e. The molecule has 78 valence electrons. The molecule has 0 aliphatic carbocycles.